The summed E-state index contributed by atoms with van der Waals surface area (Å²) in [5.74, 6) is 1.31. The molecule has 1 aliphatic heterocycles. The summed E-state index contributed by atoms with van der Waals surface area (Å²) in [7, 11) is 0. The van der Waals surface area contributed by atoms with Crippen molar-refractivity contribution >= 4 is 22.8 Å². The van der Waals surface area contributed by atoms with E-state index in [1.807, 2.05) is 11.6 Å². The quantitative estimate of drug-likeness (QED) is 0.815. The molecule has 20 heavy (non-hydrogen) atoms. The summed E-state index contributed by atoms with van der Waals surface area (Å²) in [6.07, 6.45) is 2.20. The molecule has 0 saturated carbocycles. The van der Waals surface area contributed by atoms with Gasteiger partial charge in [-0.2, -0.15) is 5.10 Å². The highest BCUT2D eigenvalue weighted by Crippen LogP contribution is 2.30. The number of hydrogen-bond donors (Lipinski definition) is 0. The largest absolute Gasteiger partial charge is 0.373 e. The van der Waals surface area contributed by atoms with Crippen LogP contribution >= 0.6 is 11.6 Å². The number of ether oxygens (including phenoxy) is 1. The molecule has 0 aliphatic carbocycles. The lowest BCUT2D eigenvalue weighted by atomic mass is 10.0. The van der Waals surface area contributed by atoms with Gasteiger partial charge in [-0.05, 0) is 33.6 Å². The highest BCUT2D eigenvalue weighted by molar-refractivity contribution is 6.16. The molecule has 3 rings (SSSR count). The molecule has 5 nitrogen and oxygen atoms in total. The zero-order valence-electron chi connectivity index (χ0n) is 12.3. The van der Waals surface area contributed by atoms with Gasteiger partial charge in [-0.3, -0.25) is 0 Å². The normalized spacial score (nSPS) is 23.0. The van der Waals surface area contributed by atoms with Gasteiger partial charge in [0.05, 0.1) is 23.7 Å². The van der Waals surface area contributed by atoms with Crippen molar-refractivity contribution in [1.29, 1.82) is 0 Å². The van der Waals surface area contributed by atoms with Crippen LogP contribution in [0.4, 0.5) is 0 Å². The molecule has 1 atom stereocenters. The molecule has 1 aliphatic rings. The molecule has 0 bridgehead atoms. The summed E-state index contributed by atoms with van der Waals surface area (Å²) < 4.78 is 10.1. The molecule has 0 aromatic carbocycles. The maximum Gasteiger partial charge on any atom is 0.159 e. The second-order valence-corrected chi connectivity index (χ2v) is 5.99. The Bertz CT molecular complexity index is 625. The minimum absolute atomic E-state index is 0.120. The SMILES string of the molecule is CCn1nc(C)c2nc(CCl)n(CC3(C)CCCO3)c21. The van der Waals surface area contributed by atoms with Gasteiger partial charge in [0.2, 0.25) is 0 Å². The number of rotatable bonds is 4. The number of aryl methyl sites for hydroxylation is 2. The van der Waals surface area contributed by atoms with Gasteiger partial charge in [-0.25, -0.2) is 9.67 Å². The third kappa shape index (κ3) is 2.13. The van der Waals surface area contributed by atoms with Crippen LogP contribution in [-0.4, -0.2) is 31.5 Å². The van der Waals surface area contributed by atoms with Crippen molar-refractivity contribution in [2.75, 3.05) is 6.61 Å². The molecule has 1 saturated heterocycles. The van der Waals surface area contributed by atoms with E-state index < -0.39 is 0 Å². The fraction of sp³-hybridized carbons (Fsp3) is 0.714. The van der Waals surface area contributed by atoms with Crippen molar-refractivity contribution < 1.29 is 4.74 Å². The summed E-state index contributed by atoms with van der Waals surface area (Å²) in [5, 5.41) is 4.55. The summed E-state index contributed by atoms with van der Waals surface area (Å²) >= 11 is 6.09. The Morgan fingerprint density at radius 1 is 1.45 bits per heavy atom. The highest BCUT2D eigenvalue weighted by atomic mass is 35.5. The van der Waals surface area contributed by atoms with Crippen LogP contribution in [-0.2, 0) is 23.7 Å². The molecule has 2 aromatic rings. The number of fused-ring (bicyclic) bond motifs is 1. The van der Waals surface area contributed by atoms with Crippen molar-refractivity contribution in [3.8, 4) is 0 Å². The smallest absolute Gasteiger partial charge is 0.159 e. The highest BCUT2D eigenvalue weighted by Gasteiger charge is 2.32. The van der Waals surface area contributed by atoms with E-state index in [4.69, 9.17) is 16.3 Å². The fourth-order valence-corrected chi connectivity index (χ4v) is 3.26. The summed E-state index contributed by atoms with van der Waals surface area (Å²) in [6, 6.07) is 0. The van der Waals surface area contributed by atoms with Crippen molar-refractivity contribution in [2.24, 2.45) is 0 Å². The zero-order chi connectivity index (χ0) is 14.3. The van der Waals surface area contributed by atoms with Gasteiger partial charge in [0.1, 0.15) is 11.3 Å². The van der Waals surface area contributed by atoms with Crippen LogP contribution in [0.2, 0.25) is 0 Å². The molecular weight excluding hydrogens is 276 g/mol. The van der Waals surface area contributed by atoms with Gasteiger partial charge in [0.25, 0.3) is 0 Å². The van der Waals surface area contributed by atoms with E-state index in [0.717, 1.165) is 55.2 Å². The van der Waals surface area contributed by atoms with E-state index in [1.165, 1.54) is 0 Å². The molecule has 0 spiro atoms. The molecular formula is C14H21ClN4O. The van der Waals surface area contributed by atoms with Gasteiger partial charge in [0.15, 0.2) is 5.65 Å². The average molecular weight is 297 g/mol. The Kier molecular flexibility index (Phi) is 3.50. The molecule has 2 aromatic heterocycles. The Morgan fingerprint density at radius 2 is 2.25 bits per heavy atom. The lowest BCUT2D eigenvalue weighted by Crippen LogP contribution is -2.30. The maximum atomic E-state index is 6.09. The first-order chi connectivity index (χ1) is 9.58. The number of aromatic nitrogens is 4. The molecule has 0 radical (unpaired) electrons. The number of imidazole rings is 1. The van der Waals surface area contributed by atoms with E-state index in [-0.39, 0.29) is 5.60 Å². The number of nitrogens with zero attached hydrogens (tertiary/aromatic N) is 4. The molecule has 1 unspecified atom stereocenters. The van der Waals surface area contributed by atoms with Crippen molar-refractivity contribution in [2.45, 2.75) is 58.2 Å². The Morgan fingerprint density at radius 3 is 2.85 bits per heavy atom. The van der Waals surface area contributed by atoms with Crippen LogP contribution < -0.4 is 0 Å². The molecule has 0 amide bonds. The fourth-order valence-electron chi connectivity index (χ4n) is 3.05. The second-order valence-electron chi connectivity index (χ2n) is 5.72. The number of alkyl halides is 1. The summed E-state index contributed by atoms with van der Waals surface area (Å²) in [4.78, 5) is 4.66. The first-order valence-corrected chi connectivity index (χ1v) is 7.74. The first-order valence-electron chi connectivity index (χ1n) is 7.20. The van der Waals surface area contributed by atoms with E-state index in [1.54, 1.807) is 0 Å². The first kappa shape index (κ1) is 13.9. The Balaban J connectivity index is 2.11. The molecule has 6 heteroatoms. The molecule has 1 fully saturated rings. The lowest BCUT2D eigenvalue weighted by molar-refractivity contribution is 0.00637. The van der Waals surface area contributed by atoms with E-state index in [0.29, 0.717) is 5.88 Å². The van der Waals surface area contributed by atoms with Gasteiger partial charge in [-0.1, -0.05) is 0 Å². The molecule has 0 N–H and O–H groups in total. The van der Waals surface area contributed by atoms with E-state index in [2.05, 4.69) is 28.5 Å². The van der Waals surface area contributed by atoms with Crippen LogP contribution in [0.15, 0.2) is 0 Å². The van der Waals surface area contributed by atoms with E-state index >= 15 is 0 Å². The molecule has 3 heterocycles. The Labute approximate surface area is 123 Å². The second kappa shape index (κ2) is 5.04. The predicted molar refractivity (Wildman–Crippen MR) is 79.1 cm³/mol. The molecule has 110 valence electrons. The van der Waals surface area contributed by atoms with Gasteiger partial charge >= 0.3 is 0 Å². The minimum atomic E-state index is -0.120. The lowest BCUT2D eigenvalue weighted by Gasteiger charge is -2.25. The van der Waals surface area contributed by atoms with Crippen LogP contribution in [0.3, 0.4) is 0 Å². The van der Waals surface area contributed by atoms with Crippen molar-refractivity contribution in [1.82, 2.24) is 19.3 Å². The van der Waals surface area contributed by atoms with E-state index in [9.17, 15) is 0 Å². The monoisotopic (exact) mass is 296 g/mol. The van der Waals surface area contributed by atoms with Crippen molar-refractivity contribution in [3.63, 3.8) is 0 Å². The van der Waals surface area contributed by atoms with Crippen LogP contribution in [0.5, 0.6) is 0 Å². The van der Waals surface area contributed by atoms with Crippen LogP contribution in [0.25, 0.3) is 11.2 Å². The third-order valence-electron chi connectivity index (χ3n) is 4.09. The number of halogens is 1. The minimum Gasteiger partial charge on any atom is -0.373 e. The van der Waals surface area contributed by atoms with Crippen LogP contribution in [0, 0.1) is 6.92 Å². The Hall–Kier alpha value is -1.07. The average Bonchev–Trinajstić information content (AvgIpc) is 3.08. The number of hydrogen-bond acceptors (Lipinski definition) is 3. The standard InChI is InChI=1S/C14H21ClN4O/c1-4-19-13-12(10(2)17-19)16-11(8-15)18(13)9-14(3)6-5-7-20-14/h4-9H2,1-3H3. The van der Waals surface area contributed by atoms with Crippen LogP contribution in [0.1, 0.15) is 38.2 Å². The predicted octanol–water partition coefficient (Wildman–Crippen LogP) is 2.87. The van der Waals surface area contributed by atoms with Gasteiger partial charge in [-0.15, -0.1) is 11.6 Å². The summed E-state index contributed by atoms with van der Waals surface area (Å²) in [6.45, 7) is 8.72. The zero-order valence-corrected chi connectivity index (χ0v) is 13.1. The van der Waals surface area contributed by atoms with Gasteiger partial charge in [0, 0.05) is 13.2 Å². The van der Waals surface area contributed by atoms with Crippen molar-refractivity contribution in [3.05, 3.63) is 11.5 Å². The topological polar surface area (TPSA) is 44.9 Å². The third-order valence-corrected chi connectivity index (χ3v) is 4.33. The summed E-state index contributed by atoms with van der Waals surface area (Å²) in [5.41, 5.74) is 2.87. The van der Waals surface area contributed by atoms with Gasteiger partial charge < -0.3 is 9.30 Å². The maximum absolute atomic E-state index is 6.09.